The van der Waals surface area contributed by atoms with Gasteiger partial charge in [-0.05, 0) is 55.4 Å². The first kappa shape index (κ1) is 19.6. The average Bonchev–Trinajstić information content (AvgIpc) is 2.62. The number of benzene rings is 1. The Labute approximate surface area is 157 Å². The van der Waals surface area contributed by atoms with Gasteiger partial charge in [-0.1, -0.05) is 26.3 Å². The van der Waals surface area contributed by atoms with E-state index in [1.54, 1.807) is 0 Å². The predicted molar refractivity (Wildman–Crippen MR) is 103 cm³/mol. The van der Waals surface area contributed by atoms with Crippen molar-refractivity contribution in [1.82, 2.24) is 4.90 Å². The Morgan fingerprint density at radius 3 is 2.88 bits per heavy atom. The van der Waals surface area contributed by atoms with Gasteiger partial charge in [0.15, 0.2) is 0 Å². The second-order valence-corrected chi connectivity index (χ2v) is 8.25. The van der Waals surface area contributed by atoms with Gasteiger partial charge in [-0.25, -0.2) is 0 Å². The summed E-state index contributed by atoms with van der Waals surface area (Å²) >= 11 is 0. The molecule has 4 heteroatoms. The van der Waals surface area contributed by atoms with Crippen LogP contribution in [0.1, 0.15) is 63.6 Å². The van der Waals surface area contributed by atoms with E-state index in [1.165, 1.54) is 11.1 Å². The third-order valence-corrected chi connectivity index (χ3v) is 6.57. The number of hydrogen-bond donors (Lipinski definition) is 1. The quantitative estimate of drug-likeness (QED) is 0.772. The maximum absolute atomic E-state index is 13.3. The van der Waals surface area contributed by atoms with Crippen molar-refractivity contribution in [1.29, 1.82) is 0 Å². The van der Waals surface area contributed by atoms with Gasteiger partial charge in [0.05, 0.1) is 18.9 Å². The van der Waals surface area contributed by atoms with Crippen LogP contribution in [0.2, 0.25) is 0 Å². The highest BCUT2D eigenvalue weighted by Gasteiger charge is 2.47. The third kappa shape index (κ3) is 3.91. The van der Waals surface area contributed by atoms with E-state index in [0.29, 0.717) is 18.9 Å². The first-order chi connectivity index (χ1) is 12.5. The zero-order valence-electron chi connectivity index (χ0n) is 16.5. The van der Waals surface area contributed by atoms with E-state index in [2.05, 4.69) is 30.9 Å². The summed E-state index contributed by atoms with van der Waals surface area (Å²) in [6, 6.07) is 6.53. The Morgan fingerprint density at radius 1 is 1.38 bits per heavy atom. The fourth-order valence-corrected chi connectivity index (χ4v) is 4.82. The fraction of sp³-hybridized carbons (Fsp3) is 0.727. The summed E-state index contributed by atoms with van der Waals surface area (Å²) < 4.78 is 18.9. The molecule has 1 aromatic carbocycles. The third-order valence-electron chi connectivity index (χ3n) is 6.57. The van der Waals surface area contributed by atoms with Crippen molar-refractivity contribution in [2.24, 2.45) is 11.8 Å². The van der Waals surface area contributed by atoms with Crippen LogP contribution in [0.15, 0.2) is 18.2 Å². The fourth-order valence-electron chi connectivity index (χ4n) is 4.82. The van der Waals surface area contributed by atoms with Gasteiger partial charge in [-0.2, -0.15) is 0 Å². The maximum atomic E-state index is 13.3. The molecule has 0 amide bonds. The lowest BCUT2D eigenvalue weighted by molar-refractivity contribution is -0.111. The van der Waals surface area contributed by atoms with Crippen molar-refractivity contribution < 1.29 is 14.2 Å². The molecule has 1 fully saturated rings. The summed E-state index contributed by atoms with van der Waals surface area (Å²) in [6.45, 7) is 8.53. The largest absolute Gasteiger partial charge is 0.494 e. The van der Waals surface area contributed by atoms with Crippen LogP contribution < -0.4 is 4.74 Å². The molecule has 0 saturated carbocycles. The molecule has 0 aliphatic carbocycles. The minimum atomic E-state index is -0.896. The number of aliphatic hydroxyl groups is 1. The van der Waals surface area contributed by atoms with Gasteiger partial charge in [0.2, 0.25) is 0 Å². The summed E-state index contributed by atoms with van der Waals surface area (Å²) in [7, 11) is 0. The summed E-state index contributed by atoms with van der Waals surface area (Å²) in [5, 5.41) is 11.4. The molecule has 146 valence electrons. The van der Waals surface area contributed by atoms with Gasteiger partial charge in [-0.3, -0.25) is 9.29 Å². The van der Waals surface area contributed by atoms with E-state index in [-0.39, 0.29) is 18.4 Å². The number of fused-ring (bicyclic) bond motifs is 3. The molecule has 2 aliphatic heterocycles. The topological polar surface area (TPSA) is 32.7 Å². The van der Waals surface area contributed by atoms with Crippen molar-refractivity contribution in [2.75, 3.05) is 26.4 Å². The summed E-state index contributed by atoms with van der Waals surface area (Å²) in [4.78, 5) is 2.52. The van der Waals surface area contributed by atoms with E-state index in [9.17, 15) is 9.50 Å². The minimum Gasteiger partial charge on any atom is -0.494 e. The lowest BCUT2D eigenvalue weighted by Crippen LogP contribution is -2.55. The van der Waals surface area contributed by atoms with Crippen LogP contribution in [0, 0.1) is 11.8 Å². The van der Waals surface area contributed by atoms with E-state index in [4.69, 9.17) is 4.74 Å². The van der Waals surface area contributed by atoms with Crippen LogP contribution in [0.25, 0.3) is 0 Å². The molecule has 3 rings (SSSR count). The molecule has 1 aromatic rings. The van der Waals surface area contributed by atoms with Crippen LogP contribution in [0.4, 0.5) is 4.39 Å². The summed E-state index contributed by atoms with van der Waals surface area (Å²) in [6.07, 6.45) is 4.00. The Balaban J connectivity index is 1.85. The molecule has 0 aromatic heterocycles. The lowest BCUT2D eigenvalue weighted by atomic mass is 9.69. The number of piperidine rings is 1. The van der Waals surface area contributed by atoms with Crippen molar-refractivity contribution in [3.05, 3.63) is 29.3 Å². The molecule has 1 saturated heterocycles. The highest BCUT2D eigenvalue weighted by Crippen LogP contribution is 2.46. The van der Waals surface area contributed by atoms with Gasteiger partial charge in [0, 0.05) is 31.5 Å². The second-order valence-electron chi connectivity index (χ2n) is 8.25. The smallest absolute Gasteiger partial charge is 0.119 e. The molecule has 2 heterocycles. The maximum Gasteiger partial charge on any atom is 0.119 e. The molecule has 26 heavy (non-hydrogen) atoms. The van der Waals surface area contributed by atoms with Crippen molar-refractivity contribution in [2.45, 2.75) is 64.5 Å². The Morgan fingerprint density at radius 2 is 2.19 bits per heavy atom. The predicted octanol–water partition coefficient (Wildman–Crippen LogP) is 4.53. The number of ether oxygens (including phenoxy) is 1. The minimum absolute atomic E-state index is 0.161. The molecule has 3 nitrogen and oxygen atoms in total. The van der Waals surface area contributed by atoms with Gasteiger partial charge in [0.1, 0.15) is 5.75 Å². The normalized spacial score (nSPS) is 29.7. The molecule has 0 spiro atoms. The molecule has 1 unspecified atom stereocenters. The number of rotatable bonds is 7. The molecule has 2 aliphatic rings. The van der Waals surface area contributed by atoms with Crippen LogP contribution in [0.5, 0.6) is 5.75 Å². The van der Waals surface area contributed by atoms with Gasteiger partial charge >= 0.3 is 0 Å². The number of nitrogens with zero attached hydrogens (tertiary/aromatic N) is 1. The SMILES string of the molecule is CCOc1ccc2c(c1)CCN1C[C@@H](CC(C)CC)[C@@](O)(CC[19F])C[C@H]21. The van der Waals surface area contributed by atoms with Crippen LogP contribution >= 0.6 is 0 Å². The number of halogens is 1. The first-order valence-electron chi connectivity index (χ1n) is 10.3. The molecule has 1 N–H and O–H groups in total. The average molecular weight is 364 g/mol. The van der Waals surface area contributed by atoms with Crippen molar-refractivity contribution >= 4 is 0 Å². The van der Waals surface area contributed by atoms with Crippen LogP contribution in [0.3, 0.4) is 0 Å². The standard InChI is InChI=1S/C22H34FNO2/c1-4-16(3)12-18-15-24-11-8-17-13-19(26-5-2)6-7-20(17)21(24)14-22(18,25)9-10-23/h6-7,13,16,18,21,25H,4-5,8-12,14-15H2,1-3H3/t16?,18-,21-,22-/m1/s1/i23+0. The second kappa shape index (κ2) is 8.26. The lowest BCUT2D eigenvalue weighted by Gasteiger charge is -2.51. The highest BCUT2D eigenvalue weighted by atomic mass is 19.1. The first-order valence-corrected chi connectivity index (χ1v) is 10.3. The number of hydrogen-bond acceptors (Lipinski definition) is 3. The highest BCUT2D eigenvalue weighted by molar-refractivity contribution is 5.40. The molecule has 0 bridgehead atoms. The molecular weight excluding hydrogens is 329 g/mol. The van der Waals surface area contributed by atoms with Crippen LogP contribution in [-0.2, 0) is 6.42 Å². The monoisotopic (exact) mass is 363 g/mol. The van der Waals surface area contributed by atoms with E-state index in [1.807, 2.05) is 13.0 Å². The summed E-state index contributed by atoms with van der Waals surface area (Å²) in [5.74, 6) is 1.64. The van der Waals surface area contributed by atoms with E-state index in [0.717, 1.165) is 38.1 Å². The van der Waals surface area contributed by atoms with Gasteiger partial charge < -0.3 is 9.84 Å². The number of alkyl halides is 1. The van der Waals surface area contributed by atoms with E-state index >= 15 is 0 Å². The molecule has 4 atom stereocenters. The van der Waals surface area contributed by atoms with E-state index < -0.39 is 12.3 Å². The Bertz CT molecular complexity index is 608. The summed E-state index contributed by atoms with van der Waals surface area (Å²) in [5.41, 5.74) is 1.71. The zero-order chi connectivity index (χ0) is 18.7. The Hall–Kier alpha value is -1.13. The molecular formula is C22H34FNO2. The van der Waals surface area contributed by atoms with Gasteiger partial charge in [0.25, 0.3) is 0 Å². The van der Waals surface area contributed by atoms with Gasteiger partial charge in [-0.15, -0.1) is 0 Å². The van der Waals surface area contributed by atoms with Crippen LogP contribution in [-0.4, -0.2) is 42.0 Å². The zero-order valence-corrected chi connectivity index (χ0v) is 16.5. The molecule has 0 radical (unpaired) electrons. The van der Waals surface area contributed by atoms with Crippen molar-refractivity contribution in [3.8, 4) is 5.75 Å². The Kier molecular flexibility index (Phi) is 6.24. The van der Waals surface area contributed by atoms with Crippen molar-refractivity contribution in [3.63, 3.8) is 0 Å².